The first kappa shape index (κ1) is 44.7. The minimum atomic E-state index is -1.54. The van der Waals surface area contributed by atoms with Crippen LogP contribution in [0.4, 0.5) is 0 Å². The number of rotatable bonds is 29. The number of hydrogen-bond acceptors (Lipinski definition) is 9. The molecule has 0 spiro atoms. The van der Waals surface area contributed by atoms with E-state index in [1.165, 1.54) is 0 Å². The molecule has 0 aliphatic carbocycles. The Kier molecular flexibility index (Phi) is 28.8. The van der Waals surface area contributed by atoms with Gasteiger partial charge in [-0.15, -0.1) is 0 Å². The summed E-state index contributed by atoms with van der Waals surface area (Å²) in [6.07, 6.45) is 32.8. The molecule has 49 heavy (non-hydrogen) atoms. The maximum absolute atomic E-state index is 12.4. The van der Waals surface area contributed by atoms with E-state index in [9.17, 15) is 25.2 Å². The summed E-state index contributed by atoms with van der Waals surface area (Å²) in [7, 11) is 0. The molecule has 9 nitrogen and oxygen atoms in total. The van der Waals surface area contributed by atoms with Gasteiger partial charge in [0.05, 0.1) is 19.8 Å². The highest BCUT2D eigenvalue weighted by Gasteiger charge is 2.44. The zero-order valence-corrected chi connectivity index (χ0v) is 30.2. The normalized spacial score (nSPS) is 22.6. The molecule has 0 radical (unpaired) electrons. The van der Waals surface area contributed by atoms with Crippen molar-refractivity contribution in [3.05, 3.63) is 72.9 Å². The lowest BCUT2D eigenvalue weighted by Gasteiger charge is -2.39. The third kappa shape index (κ3) is 23.6. The third-order valence-corrected chi connectivity index (χ3v) is 7.89. The number of ether oxygens (including phenoxy) is 4. The summed E-state index contributed by atoms with van der Waals surface area (Å²) in [6.45, 7) is 4.19. The van der Waals surface area contributed by atoms with Crippen molar-refractivity contribution in [3.63, 3.8) is 0 Å². The lowest BCUT2D eigenvalue weighted by Crippen LogP contribution is -2.59. The van der Waals surface area contributed by atoms with E-state index >= 15 is 0 Å². The van der Waals surface area contributed by atoms with Gasteiger partial charge in [0.1, 0.15) is 30.5 Å². The highest BCUT2D eigenvalue weighted by Crippen LogP contribution is 2.22. The number of hydrogen-bond donors (Lipinski definition) is 4. The van der Waals surface area contributed by atoms with Gasteiger partial charge in [0.2, 0.25) is 0 Å². The molecule has 6 atom stereocenters. The number of unbranched alkanes of at least 4 members (excludes halogenated alkanes) is 6. The first-order valence-electron chi connectivity index (χ1n) is 18.5. The average Bonchev–Trinajstić information content (AvgIpc) is 3.10. The molecule has 1 fully saturated rings. The van der Waals surface area contributed by atoms with Crippen LogP contribution in [0.1, 0.15) is 110 Å². The van der Waals surface area contributed by atoms with Gasteiger partial charge in [0.25, 0.3) is 0 Å². The molecule has 1 aliphatic rings. The van der Waals surface area contributed by atoms with Gasteiger partial charge < -0.3 is 39.4 Å². The molecule has 0 amide bonds. The van der Waals surface area contributed by atoms with E-state index < -0.39 is 43.4 Å². The summed E-state index contributed by atoms with van der Waals surface area (Å²) in [5.41, 5.74) is 0. The first-order valence-corrected chi connectivity index (χ1v) is 18.5. The largest absolute Gasteiger partial charge is 0.457 e. The third-order valence-electron chi connectivity index (χ3n) is 7.89. The van der Waals surface area contributed by atoms with E-state index in [4.69, 9.17) is 18.9 Å². The van der Waals surface area contributed by atoms with Gasteiger partial charge >= 0.3 is 5.97 Å². The highest BCUT2D eigenvalue weighted by molar-refractivity contribution is 5.69. The Bertz CT molecular complexity index is 969. The number of carbonyl (C=O) groups excluding carboxylic acids is 1. The number of esters is 1. The number of aliphatic hydroxyl groups excluding tert-OH is 4. The van der Waals surface area contributed by atoms with Crippen LogP contribution in [0.2, 0.25) is 0 Å². The fourth-order valence-corrected chi connectivity index (χ4v) is 4.96. The molecule has 0 saturated carbocycles. The van der Waals surface area contributed by atoms with Crippen LogP contribution in [0.15, 0.2) is 72.9 Å². The molecule has 4 N–H and O–H groups in total. The van der Waals surface area contributed by atoms with Gasteiger partial charge in [0, 0.05) is 13.0 Å². The van der Waals surface area contributed by atoms with E-state index in [2.05, 4.69) is 86.8 Å². The van der Waals surface area contributed by atoms with Crippen LogP contribution in [0, 0.1) is 0 Å². The number of aliphatic hydroxyl groups is 4. The molecule has 9 heteroatoms. The molecule has 0 aromatic carbocycles. The summed E-state index contributed by atoms with van der Waals surface area (Å²) < 4.78 is 22.4. The fourth-order valence-electron chi connectivity index (χ4n) is 4.96. The molecular formula is C40H66O9. The number of carbonyl (C=O) groups is 1. The van der Waals surface area contributed by atoms with Crippen LogP contribution in [0.25, 0.3) is 0 Å². The molecule has 1 aliphatic heterocycles. The SMILES string of the molecule is CC/C=C\C/C=C\C/C=C\C/C=C\C/C=C\C/C=C\CCCCCOCC(COC1OC(CO)C(O)C(O)C1O)OC(=O)CCCCCC. The van der Waals surface area contributed by atoms with Gasteiger partial charge in [-0.2, -0.15) is 0 Å². The Morgan fingerprint density at radius 1 is 0.673 bits per heavy atom. The van der Waals surface area contributed by atoms with E-state index in [-0.39, 0.29) is 19.2 Å². The van der Waals surface area contributed by atoms with Crippen molar-refractivity contribution in [2.45, 2.75) is 147 Å². The molecule has 6 unspecified atom stereocenters. The zero-order chi connectivity index (χ0) is 35.8. The summed E-state index contributed by atoms with van der Waals surface area (Å²) in [5.74, 6) is -0.349. The Hall–Kier alpha value is -2.37. The molecule has 1 rings (SSSR count). The summed E-state index contributed by atoms with van der Waals surface area (Å²) in [5, 5.41) is 39.7. The monoisotopic (exact) mass is 690 g/mol. The van der Waals surface area contributed by atoms with Crippen LogP contribution in [-0.4, -0.2) is 89.6 Å². The maximum atomic E-state index is 12.4. The standard InChI is InChI=1S/C40H66O9/c1-3-5-7-9-10-11-12-13-14-15-16-17-18-19-20-21-22-23-24-25-26-28-30-46-32-34(48-36(42)29-27-8-6-4-2)33-47-40-39(45)38(44)37(43)35(31-41)49-40/h5,7,10-11,13-14,16-17,19-20,22-23,34-35,37-41,43-45H,3-4,6,8-9,12,15,18,21,24-33H2,1-2H3/b7-5-,11-10-,14-13-,17-16-,20-19-,23-22-. The van der Waals surface area contributed by atoms with Gasteiger partial charge in [-0.1, -0.05) is 112 Å². The van der Waals surface area contributed by atoms with Crippen molar-refractivity contribution < 1.29 is 44.2 Å². The van der Waals surface area contributed by atoms with Crippen molar-refractivity contribution in [1.82, 2.24) is 0 Å². The van der Waals surface area contributed by atoms with Gasteiger partial charge in [-0.3, -0.25) is 4.79 Å². The van der Waals surface area contributed by atoms with Crippen LogP contribution < -0.4 is 0 Å². The van der Waals surface area contributed by atoms with Crippen LogP contribution in [0.5, 0.6) is 0 Å². The average molecular weight is 691 g/mol. The first-order chi connectivity index (χ1) is 23.9. The van der Waals surface area contributed by atoms with Gasteiger partial charge in [0.15, 0.2) is 6.29 Å². The van der Waals surface area contributed by atoms with Gasteiger partial charge in [-0.05, 0) is 64.2 Å². The molecule has 1 saturated heterocycles. The second-order valence-electron chi connectivity index (χ2n) is 12.3. The predicted octanol–water partition coefficient (Wildman–Crippen LogP) is 6.96. The van der Waals surface area contributed by atoms with Crippen molar-refractivity contribution in [1.29, 1.82) is 0 Å². The minimum absolute atomic E-state index is 0.116. The molecule has 0 aromatic heterocycles. The fraction of sp³-hybridized carbons (Fsp3) is 0.675. The Labute approximate surface area is 296 Å². The van der Waals surface area contributed by atoms with Crippen molar-refractivity contribution >= 4 is 5.97 Å². The van der Waals surface area contributed by atoms with Crippen molar-refractivity contribution in [2.24, 2.45) is 0 Å². The quantitative estimate of drug-likeness (QED) is 0.0373. The lowest BCUT2D eigenvalue weighted by atomic mass is 9.99. The van der Waals surface area contributed by atoms with Crippen LogP contribution >= 0.6 is 0 Å². The molecule has 280 valence electrons. The number of allylic oxidation sites excluding steroid dienone is 12. The molecule has 1 heterocycles. The summed E-state index contributed by atoms with van der Waals surface area (Å²) >= 11 is 0. The topological polar surface area (TPSA) is 135 Å². The van der Waals surface area contributed by atoms with E-state index in [1.54, 1.807) is 0 Å². The summed E-state index contributed by atoms with van der Waals surface area (Å²) in [4.78, 5) is 12.4. The second-order valence-corrected chi connectivity index (χ2v) is 12.3. The van der Waals surface area contributed by atoms with E-state index in [0.29, 0.717) is 13.0 Å². The zero-order valence-electron chi connectivity index (χ0n) is 30.2. The Morgan fingerprint density at radius 2 is 1.24 bits per heavy atom. The molecular weight excluding hydrogens is 624 g/mol. The van der Waals surface area contributed by atoms with Crippen LogP contribution in [-0.2, 0) is 23.7 Å². The summed E-state index contributed by atoms with van der Waals surface area (Å²) in [6, 6.07) is 0. The lowest BCUT2D eigenvalue weighted by molar-refractivity contribution is -0.305. The second kappa shape index (κ2) is 31.6. The van der Waals surface area contributed by atoms with Gasteiger partial charge in [-0.25, -0.2) is 0 Å². The Morgan fingerprint density at radius 3 is 1.82 bits per heavy atom. The predicted molar refractivity (Wildman–Crippen MR) is 196 cm³/mol. The smallest absolute Gasteiger partial charge is 0.306 e. The Balaban J connectivity index is 2.24. The molecule has 0 bridgehead atoms. The van der Waals surface area contributed by atoms with Crippen molar-refractivity contribution in [3.8, 4) is 0 Å². The van der Waals surface area contributed by atoms with E-state index in [0.717, 1.165) is 89.9 Å². The minimum Gasteiger partial charge on any atom is -0.457 e. The van der Waals surface area contributed by atoms with E-state index in [1.807, 2.05) is 0 Å². The molecule has 0 aromatic rings. The highest BCUT2D eigenvalue weighted by atomic mass is 16.7. The van der Waals surface area contributed by atoms with Crippen LogP contribution in [0.3, 0.4) is 0 Å². The maximum Gasteiger partial charge on any atom is 0.306 e. The van der Waals surface area contributed by atoms with Crippen molar-refractivity contribution in [2.75, 3.05) is 26.4 Å².